The van der Waals surface area contributed by atoms with Gasteiger partial charge in [0.05, 0.1) is 39.9 Å². The molecular weight excluding hydrogens is 984 g/mol. The highest BCUT2D eigenvalue weighted by molar-refractivity contribution is 7.47. The SMILES string of the molecule is CC/C=C\C/C=C\C/C=C\C/C=C\C/C=C\CCCCCCCCCCCC(=O)NC(COP(=O)(O)OCC[N+](C)(C)C)C(O)/C=C/CC/C=C/CCCCCCCCCCCCCCCCCCCCCCCCCCC. The van der Waals surface area contributed by atoms with Crippen molar-refractivity contribution in [3.05, 3.63) is 85.1 Å². The number of hydrogen-bond donors (Lipinski definition) is 3. The third-order valence-corrected chi connectivity index (χ3v) is 15.6. The van der Waals surface area contributed by atoms with Gasteiger partial charge < -0.3 is 19.8 Å². The standard InChI is InChI=1S/C69H127N2O6P/c1-6-8-10-12-14-16-18-20-22-24-26-28-30-32-33-34-35-36-37-39-40-42-44-46-48-50-52-54-56-58-60-62-68(72)67(66-77-78(74,75)76-65-64-71(3,4)5)70-69(73)63-61-59-57-55-53-51-49-47-45-43-41-38-31-29-27-25-23-21-19-17-15-13-11-9-7-2/h9,11,15,17,21,23,27,29,38,41,52,54,60,62,67-68,72H,6-8,10,12-14,16,18-20,22,24-26,28,30-37,39-40,42-51,53,55-59,61,63-66H2,1-5H3,(H-,70,73,74,75)/p+1/b11-9-,17-15-,23-21-,29-27-,41-38-,54-52+,62-60+. The molecule has 0 aromatic carbocycles. The lowest BCUT2D eigenvalue weighted by atomic mass is 10.0. The van der Waals surface area contributed by atoms with Crippen LogP contribution in [0.15, 0.2) is 85.1 Å². The van der Waals surface area contributed by atoms with Crippen LogP contribution in [0, 0.1) is 0 Å². The van der Waals surface area contributed by atoms with Crippen molar-refractivity contribution in [2.75, 3.05) is 40.9 Å². The first-order valence-corrected chi connectivity index (χ1v) is 34.5. The zero-order chi connectivity index (χ0) is 57.0. The van der Waals surface area contributed by atoms with Gasteiger partial charge in [0, 0.05) is 6.42 Å². The van der Waals surface area contributed by atoms with Crippen LogP contribution >= 0.6 is 7.82 Å². The molecule has 0 spiro atoms. The number of aliphatic hydroxyl groups is 1. The summed E-state index contributed by atoms with van der Waals surface area (Å²) in [5.41, 5.74) is 0. The molecule has 0 aliphatic heterocycles. The molecule has 0 rings (SSSR count). The summed E-state index contributed by atoms with van der Waals surface area (Å²) < 4.78 is 23.8. The molecule has 0 bridgehead atoms. The van der Waals surface area contributed by atoms with Crippen LogP contribution in [0.25, 0.3) is 0 Å². The lowest BCUT2D eigenvalue weighted by molar-refractivity contribution is -0.870. The van der Waals surface area contributed by atoms with Crippen molar-refractivity contribution < 1.29 is 32.9 Å². The Kier molecular flexibility index (Phi) is 57.5. The second-order valence-electron chi connectivity index (χ2n) is 23.5. The molecule has 8 nitrogen and oxygen atoms in total. The maximum Gasteiger partial charge on any atom is 0.472 e. The number of amides is 1. The summed E-state index contributed by atoms with van der Waals surface area (Å²) in [5, 5.41) is 14.0. The third-order valence-electron chi connectivity index (χ3n) is 14.6. The van der Waals surface area contributed by atoms with Gasteiger partial charge in [-0.3, -0.25) is 13.8 Å². The molecule has 0 heterocycles. The number of allylic oxidation sites excluding steroid dienone is 13. The highest BCUT2D eigenvalue weighted by Crippen LogP contribution is 2.43. The molecule has 0 saturated carbocycles. The minimum absolute atomic E-state index is 0.0514. The Morgan fingerprint density at radius 1 is 0.449 bits per heavy atom. The van der Waals surface area contributed by atoms with Gasteiger partial charge in [-0.25, -0.2) is 4.57 Å². The summed E-state index contributed by atoms with van der Waals surface area (Å²) >= 11 is 0. The van der Waals surface area contributed by atoms with E-state index >= 15 is 0 Å². The van der Waals surface area contributed by atoms with E-state index in [0.717, 1.165) is 77.0 Å². The number of hydrogen-bond acceptors (Lipinski definition) is 5. The topological polar surface area (TPSA) is 105 Å². The van der Waals surface area contributed by atoms with E-state index in [4.69, 9.17) is 9.05 Å². The fourth-order valence-corrected chi connectivity index (χ4v) is 10.2. The summed E-state index contributed by atoms with van der Waals surface area (Å²) in [5.74, 6) is -0.193. The van der Waals surface area contributed by atoms with E-state index in [-0.39, 0.29) is 19.1 Å². The number of quaternary nitrogens is 1. The summed E-state index contributed by atoms with van der Waals surface area (Å²) in [7, 11) is 1.55. The minimum atomic E-state index is -4.37. The van der Waals surface area contributed by atoms with Crippen LogP contribution < -0.4 is 5.32 Å². The van der Waals surface area contributed by atoms with E-state index in [1.807, 2.05) is 27.2 Å². The Morgan fingerprint density at radius 3 is 1.18 bits per heavy atom. The molecule has 1 amide bonds. The fraction of sp³-hybridized carbons (Fsp3) is 0.783. The van der Waals surface area contributed by atoms with E-state index < -0.39 is 20.0 Å². The quantitative estimate of drug-likeness (QED) is 0.0243. The molecule has 0 saturated heterocycles. The maximum absolute atomic E-state index is 13.0. The Bertz CT molecular complexity index is 1550. The monoisotopic (exact) mass is 1110 g/mol. The van der Waals surface area contributed by atoms with Crippen molar-refractivity contribution in [3.63, 3.8) is 0 Å². The van der Waals surface area contributed by atoms with Crippen LogP contribution in [0.2, 0.25) is 0 Å². The van der Waals surface area contributed by atoms with Crippen LogP contribution in [0.1, 0.15) is 296 Å². The first-order valence-electron chi connectivity index (χ1n) is 33.0. The predicted molar refractivity (Wildman–Crippen MR) is 341 cm³/mol. The van der Waals surface area contributed by atoms with Crippen LogP contribution in [-0.4, -0.2) is 73.4 Å². The lowest BCUT2D eigenvalue weighted by Crippen LogP contribution is -2.45. The van der Waals surface area contributed by atoms with Crippen LogP contribution in [0.5, 0.6) is 0 Å². The third kappa shape index (κ3) is 61.3. The zero-order valence-electron chi connectivity index (χ0n) is 51.9. The van der Waals surface area contributed by atoms with Crippen molar-refractivity contribution in [1.82, 2.24) is 5.32 Å². The first kappa shape index (κ1) is 75.7. The molecule has 454 valence electrons. The largest absolute Gasteiger partial charge is 0.472 e. The van der Waals surface area contributed by atoms with Crippen molar-refractivity contribution in [3.8, 4) is 0 Å². The number of nitrogens with zero attached hydrogens (tertiary/aromatic N) is 1. The van der Waals surface area contributed by atoms with Gasteiger partial charge >= 0.3 is 7.82 Å². The maximum atomic E-state index is 13.0. The van der Waals surface area contributed by atoms with Gasteiger partial charge in [-0.05, 0) is 77.0 Å². The summed E-state index contributed by atoms with van der Waals surface area (Å²) in [6.07, 6.45) is 84.4. The number of phosphoric ester groups is 1. The van der Waals surface area contributed by atoms with Crippen molar-refractivity contribution >= 4 is 13.7 Å². The van der Waals surface area contributed by atoms with Gasteiger partial charge in [0.25, 0.3) is 0 Å². The van der Waals surface area contributed by atoms with Crippen molar-refractivity contribution in [1.29, 1.82) is 0 Å². The molecule has 0 radical (unpaired) electrons. The predicted octanol–water partition coefficient (Wildman–Crippen LogP) is 20.8. The molecule has 0 fully saturated rings. The Hall–Kier alpha value is -2.32. The second-order valence-corrected chi connectivity index (χ2v) is 24.9. The van der Waals surface area contributed by atoms with Crippen LogP contribution in [-0.2, 0) is 18.4 Å². The van der Waals surface area contributed by atoms with Crippen LogP contribution in [0.3, 0.4) is 0 Å². The van der Waals surface area contributed by atoms with E-state index in [0.29, 0.717) is 17.4 Å². The number of unbranched alkanes of at least 4 members (excludes halogenated alkanes) is 35. The molecule has 0 aromatic heterocycles. The number of carbonyl (C=O) groups excluding carboxylic acids is 1. The van der Waals surface area contributed by atoms with Gasteiger partial charge in [-0.1, -0.05) is 298 Å². The zero-order valence-corrected chi connectivity index (χ0v) is 52.8. The van der Waals surface area contributed by atoms with E-state index in [9.17, 15) is 19.4 Å². The molecule has 3 N–H and O–H groups in total. The Labute approximate surface area is 484 Å². The number of likely N-dealkylation sites (N-methyl/N-ethyl adjacent to an activating group) is 1. The smallest absolute Gasteiger partial charge is 0.387 e. The Balaban J connectivity index is 4.17. The fourth-order valence-electron chi connectivity index (χ4n) is 9.50. The number of aliphatic hydroxyl groups excluding tert-OH is 1. The van der Waals surface area contributed by atoms with Gasteiger partial charge in [0.15, 0.2) is 0 Å². The molecular formula is C69H128N2O6P+. The molecule has 78 heavy (non-hydrogen) atoms. The van der Waals surface area contributed by atoms with Gasteiger partial charge in [0.2, 0.25) is 5.91 Å². The van der Waals surface area contributed by atoms with E-state index in [1.165, 1.54) is 199 Å². The number of nitrogens with one attached hydrogen (secondary N) is 1. The lowest BCUT2D eigenvalue weighted by Gasteiger charge is -2.25. The average molecular weight is 1110 g/mol. The molecule has 0 aromatic rings. The Morgan fingerprint density at radius 2 is 0.782 bits per heavy atom. The van der Waals surface area contributed by atoms with Crippen LogP contribution in [0.4, 0.5) is 0 Å². The summed E-state index contributed by atoms with van der Waals surface area (Å²) in [6, 6.07) is -0.874. The van der Waals surface area contributed by atoms with Gasteiger partial charge in [-0.15, -0.1) is 0 Å². The number of carbonyl (C=O) groups is 1. The molecule has 3 unspecified atom stereocenters. The van der Waals surface area contributed by atoms with E-state index in [2.05, 4.69) is 92.1 Å². The highest BCUT2D eigenvalue weighted by atomic mass is 31.2. The van der Waals surface area contributed by atoms with Gasteiger partial charge in [0.1, 0.15) is 13.2 Å². The van der Waals surface area contributed by atoms with Gasteiger partial charge in [-0.2, -0.15) is 0 Å². The second kappa shape index (κ2) is 59.3. The molecule has 3 atom stereocenters. The highest BCUT2D eigenvalue weighted by Gasteiger charge is 2.27. The first-order chi connectivity index (χ1) is 38.0. The summed E-state index contributed by atoms with van der Waals surface area (Å²) in [4.78, 5) is 23.4. The van der Waals surface area contributed by atoms with Crippen molar-refractivity contribution in [2.45, 2.75) is 309 Å². The average Bonchev–Trinajstić information content (AvgIpc) is 3.41. The summed E-state index contributed by atoms with van der Waals surface area (Å²) in [6.45, 7) is 4.70. The molecule has 9 heteroatoms. The molecule has 0 aliphatic rings. The van der Waals surface area contributed by atoms with E-state index in [1.54, 1.807) is 6.08 Å². The number of phosphoric acid groups is 1. The normalized spacial score (nSPS) is 14.3. The minimum Gasteiger partial charge on any atom is -0.387 e. The molecule has 0 aliphatic carbocycles. The van der Waals surface area contributed by atoms with Crippen molar-refractivity contribution in [2.24, 2.45) is 0 Å². The number of rotatable bonds is 60.